The number of nitrogens with zero attached hydrogens (tertiary/aromatic N) is 1. The standard InChI is InChI=1S/C15H15NO3/c1-11-5-3-8-15(18)16(11)10-14(17)12-6-4-7-13(9-12)19-2/h3-9H,10H2,1-2H3. The Morgan fingerprint density at radius 1 is 1.21 bits per heavy atom. The predicted octanol–water partition coefficient (Wildman–Crippen LogP) is 2.05. The van der Waals surface area contributed by atoms with E-state index in [9.17, 15) is 9.59 Å². The average molecular weight is 257 g/mol. The van der Waals surface area contributed by atoms with Crippen molar-refractivity contribution in [3.63, 3.8) is 0 Å². The van der Waals surface area contributed by atoms with Crippen LogP contribution in [0.1, 0.15) is 16.1 Å². The second-order valence-electron chi connectivity index (χ2n) is 4.25. The van der Waals surface area contributed by atoms with E-state index in [2.05, 4.69) is 0 Å². The number of methoxy groups -OCH3 is 1. The molecule has 0 spiro atoms. The lowest BCUT2D eigenvalue weighted by Crippen LogP contribution is -2.25. The fraction of sp³-hybridized carbons (Fsp3) is 0.200. The van der Waals surface area contributed by atoms with Gasteiger partial charge in [0.15, 0.2) is 5.78 Å². The molecule has 1 aromatic heterocycles. The van der Waals surface area contributed by atoms with Gasteiger partial charge in [0.05, 0.1) is 13.7 Å². The molecular weight excluding hydrogens is 242 g/mol. The molecule has 0 fully saturated rings. The first-order valence-corrected chi connectivity index (χ1v) is 5.95. The van der Waals surface area contributed by atoms with Gasteiger partial charge in [-0.2, -0.15) is 0 Å². The van der Waals surface area contributed by atoms with Crippen molar-refractivity contribution in [1.82, 2.24) is 4.57 Å². The summed E-state index contributed by atoms with van der Waals surface area (Å²) in [5.41, 5.74) is 1.13. The van der Waals surface area contributed by atoms with Crippen molar-refractivity contribution < 1.29 is 9.53 Å². The van der Waals surface area contributed by atoms with E-state index in [4.69, 9.17) is 4.74 Å². The first kappa shape index (κ1) is 13.1. The molecule has 4 heteroatoms. The van der Waals surface area contributed by atoms with Crippen molar-refractivity contribution in [1.29, 1.82) is 0 Å². The van der Waals surface area contributed by atoms with Gasteiger partial charge in [-0.1, -0.05) is 18.2 Å². The van der Waals surface area contributed by atoms with Crippen LogP contribution in [0.25, 0.3) is 0 Å². The fourth-order valence-corrected chi connectivity index (χ4v) is 1.86. The SMILES string of the molecule is COc1cccc(C(=O)Cn2c(C)cccc2=O)c1. The van der Waals surface area contributed by atoms with E-state index in [0.717, 1.165) is 5.69 Å². The number of hydrogen-bond donors (Lipinski definition) is 0. The third-order valence-corrected chi connectivity index (χ3v) is 2.96. The summed E-state index contributed by atoms with van der Waals surface area (Å²) in [5, 5.41) is 0. The van der Waals surface area contributed by atoms with Crippen LogP contribution in [-0.4, -0.2) is 17.5 Å². The van der Waals surface area contributed by atoms with Crippen LogP contribution < -0.4 is 10.3 Å². The van der Waals surface area contributed by atoms with E-state index < -0.39 is 0 Å². The molecule has 0 saturated heterocycles. The Balaban J connectivity index is 2.28. The first-order valence-electron chi connectivity index (χ1n) is 5.95. The summed E-state index contributed by atoms with van der Waals surface area (Å²) in [7, 11) is 1.55. The van der Waals surface area contributed by atoms with Crippen molar-refractivity contribution in [2.75, 3.05) is 7.11 Å². The summed E-state index contributed by atoms with van der Waals surface area (Å²) in [6.45, 7) is 1.85. The number of aromatic nitrogens is 1. The zero-order chi connectivity index (χ0) is 13.8. The first-order chi connectivity index (χ1) is 9.11. The van der Waals surface area contributed by atoms with Crippen LogP contribution in [-0.2, 0) is 6.54 Å². The van der Waals surface area contributed by atoms with Crippen LogP contribution in [0.3, 0.4) is 0 Å². The lowest BCUT2D eigenvalue weighted by atomic mass is 10.1. The molecule has 0 saturated carbocycles. The lowest BCUT2D eigenvalue weighted by molar-refractivity contribution is 0.0969. The molecule has 0 amide bonds. The number of aryl methyl sites for hydroxylation is 1. The Morgan fingerprint density at radius 2 is 1.95 bits per heavy atom. The zero-order valence-corrected chi connectivity index (χ0v) is 10.9. The summed E-state index contributed by atoms with van der Waals surface area (Å²) >= 11 is 0. The van der Waals surface area contributed by atoms with Gasteiger partial charge in [0.25, 0.3) is 5.56 Å². The molecule has 19 heavy (non-hydrogen) atoms. The van der Waals surface area contributed by atoms with Crippen molar-refractivity contribution in [2.24, 2.45) is 0 Å². The smallest absolute Gasteiger partial charge is 0.251 e. The van der Waals surface area contributed by atoms with E-state index in [-0.39, 0.29) is 17.9 Å². The van der Waals surface area contributed by atoms with Gasteiger partial charge in [0, 0.05) is 17.3 Å². The molecule has 4 nitrogen and oxygen atoms in total. The molecule has 0 aliphatic rings. The number of ketones is 1. The van der Waals surface area contributed by atoms with Crippen molar-refractivity contribution in [3.05, 3.63) is 64.1 Å². The van der Waals surface area contributed by atoms with E-state index in [1.807, 2.05) is 0 Å². The second-order valence-corrected chi connectivity index (χ2v) is 4.25. The van der Waals surface area contributed by atoms with E-state index in [1.165, 1.54) is 10.6 Å². The number of Topliss-reactive ketones (excluding diaryl/α,β-unsaturated/α-hetero) is 1. The predicted molar refractivity (Wildman–Crippen MR) is 72.8 cm³/mol. The van der Waals surface area contributed by atoms with Crippen LogP contribution in [0, 0.1) is 6.92 Å². The Bertz CT molecular complexity index is 658. The highest BCUT2D eigenvalue weighted by atomic mass is 16.5. The molecule has 0 aliphatic carbocycles. The largest absolute Gasteiger partial charge is 0.497 e. The highest BCUT2D eigenvalue weighted by Crippen LogP contribution is 2.13. The number of rotatable bonds is 4. The highest BCUT2D eigenvalue weighted by Gasteiger charge is 2.10. The minimum atomic E-state index is -0.170. The van der Waals surface area contributed by atoms with Gasteiger partial charge in [-0.3, -0.25) is 9.59 Å². The lowest BCUT2D eigenvalue weighted by Gasteiger charge is -2.09. The third kappa shape index (κ3) is 2.91. The molecule has 2 aromatic rings. The van der Waals surface area contributed by atoms with E-state index in [1.54, 1.807) is 50.4 Å². The summed E-state index contributed by atoms with van der Waals surface area (Å²) in [6.07, 6.45) is 0. The maximum atomic E-state index is 12.2. The Labute approximate surface area is 111 Å². The average Bonchev–Trinajstić information content (AvgIpc) is 2.43. The van der Waals surface area contributed by atoms with Gasteiger partial charge in [-0.25, -0.2) is 0 Å². The van der Waals surface area contributed by atoms with Crippen LogP contribution in [0.5, 0.6) is 5.75 Å². The second kappa shape index (κ2) is 5.52. The van der Waals surface area contributed by atoms with Gasteiger partial charge in [-0.15, -0.1) is 0 Å². The minimum Gasteiger partial charge on any atom is -0.497 e. The van der Waals surface area contributed by atoms with E-state index in [0.29, 0.717) is 11.3 Å². The van der Waals surface area contributed by atoms with Crippen LogP contribution in [0.15, 0.2) is 47.3 Å². The Kier molecular flexibility index (Phi) is 3.80. The Morgan fingerprint density at radius 3 is 2.63 bits per heavy atom. The number of ether oxygens (including phenoxy) is 1. The van der Waals surface area contributed by atoms with Crippen molar-refractivity contribution in [2.45, 2.75) is 13.5 Å². The van der Waals surface area contributed by atoms with Gasteiger partial charge in [0.2, 0.25) is 0 Å². The molecule has 98 valence electrons. The van der Waals surface area contributed by atoms with Crippen LogP contribution in [0.2, 0.25) is 0 Å². The summed E-state index contributed by atoms with van der Waals surface area (Å²) in [5.74, 6) is 0.512. The number of carbonyl (C=O) groups is 1. The van der Waals surface area contributed by atoms with Crippen LogP contribution in [0.4, 0.5) is 0 Å². The van der Waals surface area contributed by atoms with Crippen molar-refractivity contribution in [3.8, 4) is 5.75 Å². The summed E-state index contributed by atoms with van der Waals surface area (Å²) in [6, 6.07) is 11.9. The van der Waals surface area contributed by atoms with Crippen molar-refractivity contribution >= 4 is 5.78 Å². The molecule has 2 rings (SSSR count). The van der Waals surface area contributed by atoms with Gasteiger partial charge >= 0.3 is 0 Å². The number of hydrogen-bond acceptors (Lipinski definition) is 3. The minimum absolute atomic E-state index is 0.0404. The monoisotopic (exact) mass is 257 g/mol. The van der Waals surface area contributed by atoms with Gasteiger partial charge in [-0.05, 0) is 25.1 Å². The third-order valence-electron chi connectivity index (χ3n) is 2.96. The van der Waals surface area contributed by atoms with E-state index >= 15 is 0 Å². The molecular formula is C15H15NO3. The maximum absolute atomic E-state index is 12.2. The van der Waals surface area contributed by atoms with Crippen LogP contribution >= 0.6 is 0 Å². The molecule has 0 aliphatic heterocycles. The molecule has 0 N–H and O–H groups in total. The maximum Gasteiger partial charge on any atom is 0.251 e. The molecule has 0 radical (unpaired) electrons. The Hall–Kier alpha value is -2.36. The van der Waals surface area contributed by atoms with Gasteiger partial charge < -0.3 is 9.30 Å². The highest BCUT2D eigenvalue weighted by molar-refractivity contribution is 5.96. The normalized spacial score (nSPS) is 10.2. The number of pyridine rings is 1. The summed E-state index contributed by atoms with van der Waals surface area (Å²) in [4.78, 5) is 23.9. The molecule has 1 aromatic carbocycles. The molecule has 0 bridgehead atoms. The number of carbonyl (C=O) groups excluding carboxylic acids is 1. The number of benzene rings is 1. The molecule has 0 unspecified atom stereocenters. The molecule has 0 atom stereocenters. The molecule has 1 heterocycles. The summed E-state index contributed by atoms with van der Waals surface area (Å²) < 4.78 is 6.54. The van der Waals surface area contributed by atoms with Gasteiger partial charge in [0.1, 0.15) is 5.75 Å². The topological polar surface area (TPSA) is 48.3 Å². The quantitative estimate of drug-likeness (QED) is 0.788. The zero-order valence-electron chi connectivity index (χ0n) is 10.9. The fourth-order valence-electron chi connectivity index (χ4n) is 1.86.